The summed E-state index contributed by atoms with van der Waals surface area (Å²) in [6.07, 6.45) is 7.05. The highest BCUT2D eigenvalue weighted by Gasteiger charge is 2.30. The van der Waals surface area contributed by atoms with Crippen molar-refractivity contribution in [2.24, 2.45) is 5.92 Å². The van der Waals surface area contributed by atoms with E-state index < -0.39 is 6.10 Å². The molecular formula is C15H22O2. The molecule has 2 heteroatoms. The minimum Gasteiger partial charge on any atom is -0.388 e. The van der Waals surface area contributed by atoms with E-state index in [0.29, 0.717) is 5.57 Å². The summed E-state index contributed by atoms with van der Waals surface area (Å²) in [5.41, 5.74) is 3.16. The number of aliphatic hydroxyl groups is 1. The highest BCUT2D eigenvalue weighted by Crippen LogP contribution is 2.24. The predicted molar refractivity (Wildman–Crippen MR) is 70.7 cm³/mol. The molecule has 0 aromatic carbocycles. The molecule has 0 saturated carbocycles. The maximum atomic E-state index is 11.7. The number of Topliss-reactive ketones (excluding diaryl/α,β-unsaturated/α-hetero) is 1. The fourth-order valence-electron chi connectivity index (χ4n) is 2.01. The van der Waals surface area contributed by atoms with Crippen LogP contribution in [0.15, 0.2) is 34.9 Å². The number of aliphatic hydroxyl groups excluding tert-OH is 1. The zero-order valence-electron chi connectivity index (χ0n) is 11.2. The van der Waals surface area contributed by atoms with E-state index in [1.807, 2.05) is 13.0 Å². The molecule has 0 bridgehead atoms. The Balaban J connectivity index is 2.58. The van der Waals surface area contributed by atoms with Gasteiger partial charge in [0.05, 0.1) is 12.0 Å². The number of ketones is 1. The number of hydrogen-bond acceptors (Lipinski definition) is 2. The Bertz CT molecular complexity index is 382. The molecule has 17 heavy (non-hydrogen) atoms. The molecule has 1 rings (SSSR count). The summed E-state index contributed by atoms with van der Waals surface area (Å²) in [5.74, 6) is -0.305. The molecule has 0 saturated heterocycles. The normalized spacial score (nSPS) is 24.9. The number of carbonyl (C=O) groups is 1. The van der Waals surface area contributed by atoms with Crippen LogP contribution in [0.1, 0.15) is 40.5 Å². The van der Waals surface area contributed by atoms with Crippen LogP contribution in [0.3, 0.4) is 0 Å². The van der Waals surface area contributed by atoms with Crippen LogP contribution in [0.5, 0.6) is 0 Å². The zero-order chi connectivity index (χ0) is 13.0. The van der Waals surface area contributed by atoms with E-state index in [4.69, 9.17) is 0 Å². The molecule has 94 valence electrons. The lowest BCUT2D eigenvalue weighted by Gasteiger charge is -2.10. The summed E-state index contributed by atoms with van der Waals surface area (Å²) in [5, 5.41) is 9.74. The van der Waals surface area contributed by atoms with Gasteiger partial charge in [-0.3, -0.25) is 4.79 Å². The first-order valence-corrected chi connectivity index (χ1v) is 6.13. The molecule has 0 aromatic heterocycles. The zero-order valence-corrected chi connectivity index (χ0v) is 11.2. The average molecular weight is 234 g/mol. The van der Waals surface area contributed by atoms with Crippen molar-refractivity contribution >= 4 is 5.78 Å². The second-order valence-electron chi connectivity index (χ2n) is 5.06. The SMILES string of the molecule is CC(C)=CCC/C(C)=C\[C@H]1C(=O)C(C)=C[C@H]1O. The van der Waals surface area contributed by atoms with Gasteiger partial charge in [-0.05, 0) is 52.2 Å². The maximum absolute atomic E-state index is 11.7. The van der Waals surface area contributed by atoms with Gasteiger partial charge >= 0.3 is 0 Å². The van der Waals surface area contributed by atoms with Gasteiger partial charge in [-0.25, -0.2) is 0 Å². The molecule has 0 amide bonds. The molecule has 1 N–H and O–H groups in total. The van der Waals surface area contributed by atoms with Crippen molar-refractivity contribution < 1.29 is 9.90 Å². The van der Waals surface area contributed by atoms with Gasteiger partial charge in [0, 0.05) is 0 Å². The highest BCUT2D eigenvalue weighted by atomic mass is 16.3. The Kier molecular flexibility index (Phi) is 4.88. The van der Waals surface area contributed by atoms with Crippen molar-refractivity contribution in [2.75, 3.05) is 0 Å². The molecule has 0 fully saturated rings. The largest absolute Gasteiger partial charge is 0.388 e. The second kappa shape index (κ2) is 5.97. The van der Waals surface area contributed by atoms with E-state index in [9.17, 15) is 9.90 Å². The average Bonchev–Trinajstić information content (AvgIpc) is 2.44. The lowest BCUT2D eigenvalue weighted by atomic mass is 9.97. The van der Waals surface area contributed by atoms with Crippen LogP contribution in [0.2, 0.25) is 0 Å². The van der Waals surface area contributed by atoms with Crippen LogP contribution in [0.4, 0.5) is 0 Å². The third kappa shape index (κ3) is 3.97. The first-order valence-electron chi connectivity index (χ1n) is 6.13. The van der Waals surface area contributed by atoms with Crippen LogP contribution < -0.4 is 0 Å². The maximum Gasteiger partial charge on any atom is 0.168 e. The van der Waals surface area contributed by atoms with E-state index in [2.05, 4.69) is 19.9 Å². The molecule has 1 aliphatic rings. The molecule has 0 radical (unpaired) electrons. The van der Waals surface area contributed by atoms with Crippen LogP contribution in [0, 0.1) is 5.92 Å². The Morgan fingerprint density at radius 3 is 2.53 bits per heavy atom. The predicted octanol–water partition coefficient (Wildman–Crippen LogP) is 3.19. The smallest absolute Gasteiger partial charge is 0.168 e. The molecule has 2 atom stereocenters. The Morgan fingerprint density at radius 2 is 2.06 bits per heavy atom. The van der Waals surface area contributed by atoms with E-state index in [0.717, 1.165) is 12.8 Å². The number of allylic oxidation sites excluding steroid dienone is 4. The number of hydrogen-bond donors (Lipinski definition) is 1. The van der Waals surface area contributed by atoms with E-state index in [-0.39, 0.29) is 11.7 Å². The van der Waals surface area contributed by atoms with Crippen LogP contribution >= 0.6 is 0 Å². The molecular weight excluding hydrogens is 212 g/mol. The Hall–Kier alpha value is -1.15. The lowest BCUT2D eigenvalue weighted by molar-refractivity contribution is -0.118. The van der Waals surface area contributed by atoms with Crippen LogP contribution in [0.25, 0.3) is 0 Å². The van der Waals surface area contributed by atoms with Gasteiger partial charge in [0.15, 0.2) is 5.78 Å². The van der Waals surface area contributed by atoms with Crippen molar-refractivity contribution in [3.8, 4) is 0 Å². The summed E-state index contributed by atoms with van der Waals surface area (Å²) in [6.45, 7) is 7.94. The van der Waals surface area contributed by atoms with Crippen LogP contribution in [-0.4, -0.2) is 17.0 Å². The molecule has 0 unspecified atom stereocenters. The van der Waals surface area contributed by atoms with Gasteiger partial charge in [0.2, 0.25) is 0 Å². The fourth-order valence-corrected chi connectivity index (χ4v) is 2.01. The summed E-state index contributed by atoms with van der Waals surface area (Å²) in [7, 11) is 0. The van der Waals surface area contributed by atoms with Crippen molar-refractivity contribution in [3.05, 3.63) is 34.9 Å². The van der Waals surface area contributed by atoms with Crippen molar-refractivity contribution in [3.63, 3.8) is 0 Å². The van der Waals surface area contributed by atoms with Gasteiger partial charge in [-0.1, -0.05) is 23.3 Å². The molecule has 2 nitrogen and oxygen atoms in total. The second-order valence-corrected chi connectivity index (χ2v) is 5.06. The molecule has 0 heterocycles. The van der Waals surface area contributed by atoms with Gasteiger partial charge in [0.1, 0.15) is 0 Å². The summed E-state index contributed by atoms with van der Waals surface area (Å²) in [4.78, 5) is 11.7. The Labute approximate surface area is 104 Å². The first kappa shape index (κ1) is 13.9. The minimum absolute atomic E-state index is 0.0547. The summed E-state index contributed by atoms with van der Waals surface area (Å²) >= 11 is 0. The molecule has 1 aliphatic carbocycles. The van der Waals surface area contributed by atoms with Crippen molar-refractivity contribution in [1.29, 1.82) is 0 Å². The molecule has 0 spiro atoms. The van der Waals surface area contributed by atoms with E-state index >= 15 is 0 Å². The Morgan fingerprint density at radius 1 is 1.41 bits per heavy atom. The van der Waals surface area contributed by atoms with Gasteiger partial charge < -0.3 is 5.11 Å². The minimum atomic E-state index is -0.638. The topological polar surface area (TPSA) is 37.3 Å². The highest BCUT2D eigenvalue weighted by molar-refractivity contribution is 6.01. The van der Waals surface area contributed by atoms with Crippen molar-refractivity contribution in [1.82, 2.24) is 0 Å². The van der Waals surface area contributed by atoms with E-state index in [1.54, 1.807) is 13.0 Å². The third-order valence-electron chi connectivity index (χ3n) is 3.04. The summed E-state index contributed by atoms with van der Waals surface area (Å²) < 4.78 is 0. The van der Waals surface area contributed by atoms with Gasteiger partial charge in [-0.2, -0.15) is 0 Å². The van der Waals surface area contributed by atoms with Crippen molar-refractivity contribution in [2.45, 2.75) is 46.6 Å². The van der Waals surface area contributed by atoms with Gasteiger partial charge in [0.25, 0.3) is 0 Å². The fraction of sp³-hybridized carbons (Fsp3) is 0.533. The standard InChI is InChI=1S/C15H22O2/c1-10(2)6-5-7-11(3)8-13-14(16)9-12(4)15(13)17/h6,8-9,13-14,16H,5,7H2,1-4H3/b11-8-/t13-,14-/m1/s1. The first-order chi connectivity index (χ1) is 7.91. The molecule has 0 aromatic rings. The monoisotopic (exact) mass is 234 g/mol. The third-order valence-corrected chi connectivity index (χ3v) is 3.04. The summed E-state index contributed by atoms with van der Waals surface area (Å²) in [6, 6.07) is 0. The van der Waals surface area contributed by atoms with Crippen LogP contribution in [-0.2, 0) is 4.79 Å². The molecule has 0 aliphatic heterocycles. The number of rotatable bonds is 4. The van der Waals surface area contributed by atoms with Gasteiger partial charge in [-0.15, -0.1) is 0 Å². The lowest BCUT2D eigenvalue weighted by Crippen LogP contribution is -2.18. The quantitative estimate of drug-likeness (QED) is 0.758. The number of carbonyl (C=O) groups excluding carboxylic acids is 1. The van der Waals surface area contributed by atoms with E-state index in [1.165, 1.54) is 11.1 Å².